The van der Waals surface area contributed by atoms with Crippen LogP contribution in [0.3, 0.4) is 0 Å². The Morgan fingerprint density at radius 1 is 0.316 bits per heavy atom. The summed E-state index contributed by atoms with van der Waals surface area (Å²) in [6.07, 6.45) is 0. The van der Waals surface area contributed by atoms with Crippen LogP contribution in [0.2, 0.25) is 0 Å². The molecule has 0 aliphatic heterocycles. The van der Waals surface area contributed by atoms with Crippen molar-refractivity contribution in [1.82, 2.24) is 0 Å². The predicted octanol–water partition coefficient (Wildman–Crippen LogP) is -0.561. The second-order valence-corrected chi connectivity index (χ2v) is 6.61. The number of carbonyl (C=O) groups excluding carboxylic acids is 4. The SMILES string of the molecule is O=C([O-])c1ccccc1.O=C([O-])c1ccccc1.O=C([O-])c1ccccc1.O=C([O-])c1ccccc1.[Ba+2].[Ba+2]. The van der Waals surface area contributed by atoms with E-state index in [2.05, 4.69) is 0 Å². The summed E-state index contributed by atoms with van der Waals surface area (Å²) >= 11 is 0. The molecule has 10 heteroatoms. The van der Waals surface area contributed by atoms with Crippen LogP contribution in [0.25, 0.3) is 0 Å². The molecule has 0 atom stereocenters. The Hall–Kier alpha value is -2.10. The van der Waals surface area contributed by atoms with E-state index in [0.29, 0.717) is 0 Å². The molecule has 4 rings (SSSR count). The molecule has 0 aliphatic carbocycles. The molecule has 0 saturated carbocycles. The standard InChI is InChI=1S/4C7H6O2.2Ba/c4*8-7(9)6-4-2-1-3-5-6;;/h4*1-5H,(H,8,9);;/q;;;;2*+2/p-4. The number of aromatic carboxylic acids is 4. The van der Waals surface area contributed by atoms with Crippen molar-refractivity contribution in [3.8, 4) is 0 Å². The van der Waals surface area contributed by atoms with Gasteiger partial charge >= 0.3 is 97.8 Å². The smallest absolute Gasteiger partial charge is 0.545 e. The number of benzene rings is 4. The average molecular weight is 759 g/mol. The minimum Gasteiger partial charge on any atom is -0.545 e. The van der Waals surface area contributed by atoms with E-state index in [0.717, 1.165) is 0 Å². The van der Waals surface area contributed by atoms with Gasteiger partial charge in [0.15, 0.2) is 0 Å². The molecule has 0 aliphatic rings. The quantitative estimate of drug-likeness (QED) is 0.251. The second kappa shape index (κ2) is 22.8. The van der Waals surface area contributed by atoms with E-state index in [4.69, 9.17) is 0 Å². The van der Waals surface area contributed by atoms with Crippen LogP contribution in [0.15, 0.2) is 121 Å². The molecule has 38 heavy (non-hydrogen) atoms. The van der Waals surface area contributed by atoms with Gasteiger partial charge in [0.05, 0.1) is 23.9 Å². The normalized spacial score (nSPS) is 8.42. The van der Waals surface area contributed by atoms with Gasteiger partial charge in [-0.3, -0.25) is 0 Å². The van der Waals surface area contributed by atoms with Crippen LogP contribution >= 0.6 is 0 Å². The van der Waals surface area contributed by atoms with Crippen molar-refractivity contribution in [2.75, 3.05) is 0 Å². The molecule has 0 radical (unpaired) electrons. The van der Waals surface area contributed by atoms with Gasteiger partial charge in [0.25, 0.3) is 0 Å². The first-order chi connectivity index (χ1) is 17.2. The Labute approximate surface area is 300 Å². The van der Waals surface area contributed by atoms with E-state index in [1.807, 2.05) is 0 Å². The van der Waals surface area contributed by atoms with Crippen LogP contribution < -0.4 is 20.4 Å². The van der Waals surface area contributed by atoms with E-state index in [9.17, 15) is 39.6 Å². The minimum atomic E-state index is -1.13. The zero-order valence-corrected chi connectivity index (χ0v) is 29.1. The molecule has 184 valence electrons. The van der Waals surface area contributed by atoms with Gasteiger partial charge in [-0.1, -0.05) is 121 Å². The Balaban J connectivity index is 0. The summed E-state index contributed by atoms with van der Waals surface area (Å²) < 4.78 is 0. The van der Waals surface area contributed by atoms with Gasteiger partial charge in [-0.05, 0) is 22.3 Å². The van der Waals surface area contributed by atoms with Crippen LogP contribution in [0, 0.1) is 0 Å². The van der Waals surface area contributed by atoms with Crippen LogP contribution in [0.4, 0.5) is 0 Å². The fourth-order valence-electron chi connectivity index (χ4n) is 2.30. The summed E-state index contributed by atoms with van der Waals surface area (Å²) in [6.45, 7) is 0. The monoisotopic (exact) mass is 760 g/mol. The van der Waals surface area contributed by atoms with Gasteiger partial charge in [-0.2, -0.15) is 0 Å². The topological polar surface area (TPSA) is 161 Å². The molecule has 0 aromatic heterocycles. The molecule has 4 aromatic rings. The van der Waals surface area contributed by atoms with Crippen LogP contribution in [-0.4, -0.2) is 122 Å². The maximum absolute atomic E-state index is 10.1. The van der Waals surface area contributed by atoms with E-state index < -0.39 is 23.9 Å². The van der Waals surface area contributed by atoms with Gasteiger partial charge in [0, 0.05) is 0 Å². The summed E-state index contributed by atoms with van der Waals surface area (Å²) in [7, 11) is 0. The van der Waals surface area contributed by atoms with Crippen molar-refractivity contribution in [1.29, 1.82) is 0 Å². The molecular weight excluding hydrogens is 739 g/mol. The number of carboxylic acid groups (broad SMARTS) is 4. The van der Waals surface area contributed by atoms with Crippen molar-refractivity contribution in [3.63, 3.8) is 0 Å². The number of rotatable bonds is 4. The van der Waals surface area contributed by atoms with Crippen LogP contribution in [-0.2, 0) is 0 Å². The third-order valence-electron chi connectivity index (χ3n) is 4.04. The van der Waals surface area contributed by atoms with Gasteiger partial charge in [-0.25, -0.2) is 0 Å². The van der Waals surface area contributed by atoms with Crippen LogP contribution in [0.1, 0.15) is 41.4 Å². The second-order valence-electron chi connectivity index (χ2n) is 6.61. The van der Waals surface area contributed by atoms with Crippen molar-refractivity contribution in [2.24, 2.45) is 0 Å². The van der Waals surface area contributed by atoms with Crippen LogP contribution in [0.5, 0.6) is 0 Å². The van der Waals surface area contributed by atoms with Crippen molar-refractivity contribution in [2.45, 2.75) is 0 Å². The minimum absolute atomic E-state index is 0. The van der Waals surface area contributed by atoms with E-state index in [-0.39, 0.29) is 120 Å². The zero-order chi connectivity index (χ0) is 26.8. The molecule has 0 saturated heterocycles. The van der Waals surface area contributed by atoms with Gasteiger partial charge in [0.1, 0.15) is 0 Å². The molecule has 8 nitrogen and oxygen atoms in total. The Morgan fingerprint density at radius 2 is 0.447 bits per heavy atom. The van der Waals surface area contributed by atoms with Crippen molar-refractivity contribution < 1.29 is 39.6 Å². The van der Waals surface area contributed by atoms with Crippen molar-refractivity contribution in [3.05, 3.63) is 144 Å². The maximum Gasteiger partial charge on any atom is 2.00 e. The summed E-state index contributed by atoms with van der Waals surface area (Å²) in [5, 5.41) is 40.4. The summed E-state index contributed by atoms with van der Waals surface area (Å²) in [6, 6.07) is 32.3. The molecule has 0 spiro atoms. The Bertz CT molecular complexity index is 1020. The summed E-state index contributed by atoms with van der Waals surface area (Å²) in [4.78, 5) is 40.4. The largest absolute Gasteiger partial charge is 2.00 e. The molecule has 0 amide bonds. The predicted molar refractivity (Wildman–Crippen MR) is 135 cm³/mol. The van der Waals surface area contributed by atoms with E-state index >= 15 is 0 Å². The fourth-order valence-corrected chi connectivity index (χ4v) is 2.30. The summed E-state index contributed by atoms with van der Waals surface area (Å²) in [5.41, 5.74) is 0.880. The van der Waals surface area contributed by atoms with Gasteiger partial charge in [-0.15, -0.1) is 0 Å². The Kier molecular flexibility index (Phi) is 22.9. The summed E-state index contributed by atoms with van der Waals surface area (Å²) in [5.74, 6) is -4.52. The van der Waals surface area contributed by atoms with E-state index in [1.165, 1.54) is 48.5 Å². The number of hydrogen-bond acceptors (Lipinski definition) is 8. The van der Waals surface area contributed by atoms with Gasteiger partial charge < -0.3 is 39.6 Å². The number of carboxylic acids is 4. The number of hydrogen-bond donors (Lipinski definition) is 0. The first kappa shape index (κ1) is 38.1. The maximum atomic E-state index is 10.1. The average Bonchev–Trinajstić information content (AvgIpc) is 2.92. The van der Waals surface area contributed by atoms with Crippen molar-refractivity contribution >= 4 is 122 Å². The molecule has 0 bridgehead atoms. The zero-order valence-electron chi connectivity index (χ0n) is 20.2. The third kappa shape index (κ3) is 17.4. The molecule has 0 unspecified atom stereocenters. The third-order valence-corrected chi connectivity index (χ3v) is 4.04. The number of carbonyl (C=O) groups is 4. The van der Waals surface area contributed by atoms with Gasteiger partial charge in [0.2, 0.25) is 0 Å². The first-order valence-electron chi connectivity index (χ1n) is 10.3. The molecule has 4 aromatic carbocycles. The molecular formula is C28H20Ba2O8. The molecule has 0 fully saturated rings. The van der Waals surface area contributed by atoms with E-state index in [1.54, 1.807) is 72.8 Å². The first-order valence-corrected chi connectivity index (χ1v) is 10.3. The molecule has 0 N–H and O–H groups in total. The Morgan fingerprint density at radius 3 is 0.526 bits per heavy atom. The molecule has 0 heterocycles. The fraction of sp³-hybridized carbons (Fsp3) is 0.